The minimum atomic E-state index is -0.448. The zero-order valence-electron chi connectivity index (χ0n) is 17.5. The highest BCUT2D eigenvalue weighted by Crippen LogP contribution is 2.39. The van der Waals surface area contributed by atoms with Gasteiger partial charge in [-0.15, -0.1) is 22.7 Å². The van der Waals surface area contributed by atoms with Crippen LogP contribution in [0.1, 0.15) is 57.9 Å². The standard InChI is InChI=1S/C23H26N4O2S2/c1-13(21(29)26-23-19(20(24)28)15-7-4-10-17(15)30-23)27-11-5-6-14(12-27)22-25-16-8-2-3-9-18(16)31-22/h2-3,8-9,13-14H,4-7,10-12H2,1H3,(H2,24,28)(H,26,29)/t13-,14+/m0/s1. The molecular weight excluding hydrogens is 428 g/mol. The molecule has 3 aromatic rings. The van der Waals surface area contributed by atoms with Gasteiger partial charge in [0.05, 0.1) is 26.8 Å². The van der Waals surface area contributed by atoms with Gasteiger partial charge in [0.15, 0.2) is 0 Å². The van der Waals surface area contributed by atoms with E-state index in [9.17, 15) is 9.59 Å². The fraction of sp³-hybridized carbons (Fsp3) is 0.435. The number of benzene rings is 1. The zero-order chi connectivity index (χ0) is 21.5. The Morgan fingerprint density at radius 3 is 2.87 bits per heavy atom. The van der Waals surface area contributed by atoms with Gasteiger partial charge >= 0.3 is 0 Å². The fourth-order valence-electron chi connectivity index (χ4n) is 4.76. The van der Waals surface area contributed by atoms with Gasteiger partial charge < -0.3 is 11.1 Å². The second kappa shape index (κ2) is 8.33. The minimum Gasteiger partial charge on any atom is -0.365 e. The number of amides is 2. The van der Waals surface area contributed by atoms with Crippen molar-refractivity contribution in [3.63, 3.8) is 0 Å². The van der Waals surface area contributed by atoms with Gasteiger partial charge in [-0.25, -0.2) is 4.98 Å². The van der Waals surface area contributed by atoms with E-state index in [1.165, 1.54) is 20.9 Å². The van der Waals surface area contributed by atoms with E-state index >= 15 is 0 Å². The first-order valence-electron chi connectivity index (χ1n) is 10.9. The van der Waals surface area contributed by atoms with Gasteiger partial charge in [-0.05, 0) is 63.3 Å². The number of aromatic nitrogens is 1. The Bertz CT molecular complexity index is 1120. The van der Waals surface area contributed by atoms with E-state index in [1.807, 2.05) is 19.1 Å². The number of carbonyl (C=O) groups excluding carboxylic acids is 2. The number of para-hydroxylation sites is 1. The zero-order valence-corrected chi connectivity index (χ0v) is 19.2. The highest BCUT2D eigenvalue weighted by molar-refractivity contribution is 7.18. The van der Waals surface area contributed by atoms with Gasteiger partial charge in [-0.1, -0.05) is 12.1 Å². The van der Waals surface area contributed by atoms with Crippen LogP contribution in [0.2, 0.25) is 0 Å². The lowest BCUT2D eigenvalue weighted by molar-refractivity contribution is -0.121. The van der Waals surface area contributed by atoms with Crippen LogP contribution in [0.4, 0.5) is 5.00 Å². The summed E-state index contributed by atoms with van der Waals surface area (Å²) in [4.78, 5) is 33.4. The molecule has 2 aromatic heterocycles. The number of rotatable bonds is 5. The summed E-state index contributed by atoms with van der Waals surface area (Å²) in [5.74, 6) is -0.184. The van der Waals surface area contributed by atoms with Crippen molar-refractivity contribution in [1.29, 1.82) is 0 Å². The van der Waals surface area contributed by atoms with E-state index in [1.54, 1.807) is 11.3 Å². The van der Waals surface area contributed by atoms with Crippen molar-refractivity contribution in [1.82, 2.24) is 9.88 Å². The Morgan fingerprint density at radius 1 is 1.23 bits per heavy atom. The Morgan fingerprint density at radius 2 is 2.06 bits per heavy atom. The summed E-state index contributed by atoms with van der Waals surface area (Å²) in [5, 5.41) is 4.79. The van der Waals surface area contributed by atoms with Crippen LogP contribution in [-0.2, 0) is 17.6 Å². The third kappa shape index (κ3) is 3.88. The van der Waals surface area contributed by atoms with E-state index in [0.29, 0.717) is 16.5 Å². The van der Waals surface area contributed by atoms with Crippen LogP contribution in [-0.4, -0.2) is 40.8 Å². The van der Waals surface area contributed by atoms with Gasteiger partial charge in [0.2, 0.25) is 5.91 Å². The topological polar surface area (TPSA) is 88.3 Å². The number of nitrogens with one attached hydrogen (secondary N) is 1. The average Bonchev–Trinajstić information content (AvgIpc) is 3.46. The first-order chi connectivity index (χ1) is 15.0. The van der Waals surface area contributed by atoms with Crippen molar-refractivity contribution in [2.24, 2.45) is 5.73 Å². The molecule has 3 N–H and O–H groups in total. The number of piperidine rings is 1. The Labute approximate surface area is 189 Å². The van der Waals surface area contributed by atoms with E-state index in [-0.39, 0.29) is 11.9 Å². The van der Waals surface area contributed by atoms with Gasteiger partial charge in [0, 0.05) is 17.3 Å². The van der Waals surface area contributed by atoms with Crippen molar-refractivity contribution in [2.45, 2.75) is 51.0 Å². The Hall–Kier alpha value is -2.29. The monoisotopic (exact) mass is 454 g/mol. The third-order valence-electron chi connectivity index (χ3n) is 6.44. The number of primary amides is 1. The summed E-state index contributed by atoms with van der Waals surface area (Å²) >= 11 is 3.27. The minimum absolute atomic E-state index is 0.0765. The number of nitrogens with two attached hydrogens (primary N) is 1. The molecule has 0 bridgehead atoms. The van der Waals surface area contributed by atoms with Gasteiger partial charge in [0.25, 0.3) is 5.91 Å². The number of aryl methyl sites for hydroxylation is 1. The molecule has 5 rings (SSSR count). The van der Waals surface area contributed by atoms with Crippen LogP contribution in [0.5, 0.6) is 0 Å². The van der Waals surface area contributed by atoms with E-state index in [4.69, 9.17) is 10.7 Å². The van der Waals surface area contributed by atoms with Crippen molar-refractivity contribution >= 4 is 49.7 Å². The van der Waals surface area contributed by atoms with Crippen LogP contribution in [0.3, 0.4) is 0 Å². The summed E-state index contributed by atoms with van der Waals surface area (Å²) in [7, 11) is 0. The van der Waals surface area contributed by atoms with Gasteiger partial charge in [-0.2, -0.15) is 0 Å². The molecule has 2 atom stereocenters. The van der Waals surface area contributed by atoms with Crippen LogP contribution in [0.15, 0.2) is 24.3 Å². The van der Waals surface area contributed by atoms with E-state index < -0.39 is 5.91 Å². The molecular formula is C23H26N4O2S2. The molecule has 8 heteroatoms. The molecule has 1 fully saturated rings. The lowest BCUT2D eigenvalue weighted by Crippen LogP contribution is -2.46. The second-order valence-corrected chi connectivity index (χ2v) is 10.6. The van der Waals surface area contributed by atoms with Crippen molar-refractivity contribution in [2.75, 3.05) is 18.4 Å². The van der Waals surface area contributed by atoms with E-state index in [0.717, 1.165) is 61.3 Å². The van der Waals surface area contributed by atoms with Crippen LogP contribution in [0.25, 0.3) is 10.2 Å². The summed E-state index contributed by atoms with van der Waals surface area (Å²) < 4.78 is 1.21. The molecule has 3 heterocycles. The first kappa shape index (κ1) is 20.6. The molecule has 0 spiro atoms. The SMILES string of the molecule is C[C@@H](C(=O)Nc1sc2c(c1C(N)=O)CCC2)N1CCC[C@@H](c2nc3ccccc3s2)C1. The number of hydrogen-bond donors (Lipinski definition) is 2. The number of anilines is 1. The predicted octanol–water partition coefficient (Wildman–Crippen LogP) is 4.15. The number of likely N-dealkylation sites (tertiary alicyclic amines) is 1. The van der Waals surface area contributed by atoms with Crippen molar-refractivity contribution in [3.05, 3.63) is 45.3 Å². The average molecular weight is 455 g/mol. The molecule has 0 saturated carbocycles. The molecule has 1 aromatic carbocycles. The summed E-state index contributed by atoms with van der Waals surface area (Å²) in [6, 6.07) is 7.95. The molecule has 1 saturated heterocycles. The molecule has 1 aliphatic heterocycles. The maximum Gasteiger partial charge on any atom is 0.251 e. The Balaban J connectivity index is 1.30. The van der Waals surface area contributed by atoms with Gasteiger partial charge in [0.1, 0.15) is 5.00 Å². The normalized spacial score (nSPS) is 20.0. The lowest BCUT2D eigenvalue weighted by Gasteiger charge is -2.35. The van der Waals surface area contributed by atoms with Crippen molar-refractivity contribution in [3.8, 4) is 0 Å². The quantitative estimate of drug-likeness (QED) is 0.606. The predicted molar refractivity (Wildman–Crippen MR) is 126 cm³/mol. The van der Waals surface area contributed by atoms with Crippen LogP contribution >= 0.6 is 22.7 Å². The Kier molecular flexibility index (Phi) is 5.54. The van der Waals surface area contributed by atoms with Gasteiger partial charge in [-0.3, -0.25) is 14.5 Å². The smallest absolute Gasteiger partial charge is 0.251 e. The largest absolute Gasteiger partial charge is 0.365 e. The molecule has 6 nitrogen and oxygen atoms in total. The lowest BCUT2D eigenvalue weighted by atomic mass is 9.97. The number of hydrogen-bond acceptors (Lipinski definition) is 6. The number of carbonyl (C=O) groups is 2. The highest BCUT2D eigenvalue weighted by Gasteiger charge is 2.32. The molecule has 0 unspecified atom stereocenters. The number of thiophene rings is 1. The molecule has 0 radical (unpaired) electrons. The molecule has 162 valence electrons. The van der Waals surface area contributed by atoms with Crippen LogP contribution < -0.4 is 11.1 Å². The molecule has 31 heavy (non-hydrogen) atoms. The third-order valence-corrected chi connectivity index (χ3v) is 8.85. The maximum atomic E-state index is 13.1. The number of fused-ring (bicyclic) bond motifs is 2. The van der Waals surface area contributed by atoms with Crippen LogP contribution in [0, 0.1) is 0 Å². The fourth-order valence-corrected chi connectivity index (χ4v) is 7.15. The highest BCUT2D eigenvalue weighted by atomic mass is 32.1. The molecule has 2 amide bonds. The second-order valence-electron chi connectivity index (χ2n) is 8.44. The summed E-state index contributed by atoms with van der Waals surface area (Å²) in [5.41, 5.74) is 8.25. The summed E-state index contributed by atoms with van der Waals surface area (Å²) in [6.45, 7) is 3.65. The number of thiazole rings is 1. The molecule has 1 aliphatic carbocycles. The van der Waals surface area contributed by atoms with E-state index in [2.05, 4.69) is 22.3 Å². The number of nitrogens with zero attached hydrogens (tertiary/aromatic N) is 2. The maximum absolute atomic E-state index is 13.1. The van der Waals surface area contributed by atoms with Crippen molar-refractivity contribution < 1.29 is 9.59 Å². The summed E-state index contributed by atoms with van der Waals surface area (Å²) in [6.07, 6.45) is 5.01. The first-order valence-corrected chi connectivity index (χ1v) is 12.5. The molecule has 2 aliphatic rings.